The summed E-state index contributed by atoms with van der Waals surface area (Å²) in [5, 5.41) is 0.613. The van der Waals surface area contributed by atoms with Crippen molar-refractivity contribution in [1.82, 2.24) is 15.2 Å². The molecule has 140 valence electrons. The second kappa shape index (κ2) is 7.51. The van der Waals surface area contributed by atoms with Crippen molar-refractivity contribution in [2.45, 2.75) is 11.8 Å². The van der Waals surface area contributed by atoms with Crippen LogP contribution in [0.2, 0.25) is 0 Å². The summed E-state index contributed by atoms with van der Waals surface area (Å²) >= 11 is 1.10. The zero-order chi connectivity index (χ0) is 19.6. The Morgan fingerprint density at radius 2 is 1.78 bits per heavy atom. The fourth-order valence-corrected chi connectivity index (χ4v) is 4.00. The van der Waals surface area contributed by atoms with Crippen molar-refractivity contribution in [3.63, 3.8) is 0 Å². The third-order valence-electron chi connectivity index (χ3n) is 3.52. The summed E-state index contributed by atoms with van der Waals surface area (Å²) in [4.78, 5) is 18.2. The van der Waals surface area contributed by atoms with E-state index in [1.54, 1.807) is 6.92 Å². The topological polar surface area (TPSA) is 88.2 Å². The molecule has 0 saturated heterocycles. The molecular weight excluding hydrogens is 396 g/mol. The average molecular weight is 409 g/mol. The molecule has 2 aromatic carbocycles. The lowest BCUT2D eigenvalue weighted by atomic mass is 10.2. The SMILES string of the molecule is Cc1nc(-c2ccccc2)sc1C(=O)NNS(=O)(=O)c1ccc(F)c(F)c1. The summed E-state index contributed by atoms with van der Waals surface area (Å²) in [5.41, 5.74) is 3.31. The standard InChI is InChI=1S/C17H13F2N3O3S2/c1-10-15(26-17(20-10)11-5-3-2-4-6-11)16(23)21-22-27(24,25)12-7-8-13(18)14(19)9-12/h2-9,22H,1H3,(H,21,23). The number of hydrogen-bond donors (Lipinski definition) is 2. The lowest BCUT2D eigenvalue weighted by Crippen LogP contribution is -2.41. The summed E-state index contributed by atoms with van der Waals surface area (Å²) in [6.45, 7) is 1.63. The van der Waals surface area contributed by atoms with Gasteiger partial charge in [-0.3, -0.25) is 10.2 Å². The van der Waals surface area contributed by atoms with Crippen LogP contribution >= 0.6 is 11.3 Å². The van der Waals surface area contributed by atoms with Gasteiger partial charge < -0.3 is 0 Å². The Labute approximate surface area is 157 Å². The van der Waals surface area contributed by atoms with Gasteiger partial charge >= 0.3 is 0 Å². The van der Waals surface area contributed by atoms with E-state index >= 15 is 0 Å². The Kier molecular flexibility index (Phi) is 5.31. The van der Waals surface area contributed by atoms with Gasteiger partial charge in [-0.2, -0.15) is 0 Å². The zero-order valence-corrected chi connectivity index (χ0v) is 15.5. The molecule has 0 radical (unpaired) electrons. The normalized spacial score (nSPS) is 11.4. The van der Waals surface area contributed by atoms with Crippen LogP contribution in [0.5, 0.6) is 0 Å². The molecule has 10 heteroatoms. The number of rotatable bonds is 5. The number of aryl methyl sites for hydroxylation is 1. The van der Waals surface area contributed by atoms with Crippen LogP contribution in [-0.4, -0.2) is 19.3 Å². The number of carbonyl (C=O) groups excluding carboxylic acids is 1. The van der Waals surface area contributed by atoms with Crippen LogP contribution in [0.15, 0.2) is 53.4 Å². The second-order valence-corrected chi connectivity index (χ2v) is 8.12. The van der Waals surface area contributed by atoms with E-state index in [4.69, 9.17) is 0 Å². The summed E-state index contributed by atoms with van der Waals surface area (Å²) < 4.78 is 50.4. The molecule has 27 heavy (non-hydrogen) atoms. The first-order chi connectivity index (χ1) is 12.8. The van der Waals surface area contributed by atoms with Crippen LogP contribution in [0, 0.1) is 18.6 Å². The van der Waals surface area contributed by atoms with Crippen LogP contribution in [0.25, 0.3) is 10.6 Å². The predicted molar refractivity (Wildman–Crippen MR) is 96.4 cm³/mol. The van der Waals surface area contributed by atoms with Gasteiger partial charge in [-0.15, -0.1) is 16.2 Å². The summed E-state index contributed by atoms with van der Waals surface area (Å²) in [6.07, 6.45) is 0. The number of thiazole rings is 1. The van der Waals surface area contributed by atoms with Gasteiger partial charge in [0.25, 0.3) is 15.9 Å². The van der Waals surface area contributed by atoms with E-state index in [0.717, 1.165) is 23.0 Å². The van der Waals surface area contributed by atoms with E-state index in [9.17, 15) is 22.0 Å². The average Bonchev–Trinajstić information content (AvgIpc) is 3.04. The third kappa shape index (κ3) is 4.18. The Balaban J connectivity index is 1.76. The van der Waals surface area contributed by atoms with Crippen molar-refractivity contribution < 1.29 is 22.0 Å². The van der Waals surface area contributed by atoms with Crippen LogP contribution in [-0.2, 0) is 10.0 Å². The number of nitrogens with one attached hydrogen (secondary N) is 2. The van der Waals surface area contributed by atoms with Gasteiger partial charge in [-0.25, -0.2) is 22.2 Å². The van der Waals surface area contributed by atoms with Gasteiger partial charge in [0.15, 0.2) is 11.6 Å². The van der Waals surface area contributed by atoms with Crippen molar-refractivity contribution in [3.05, 3.63) is 70.7 Å². The molecule has 0 fully saturated rings. The Hall–Kier alpha value is -2.69. The molecule has 3 aromatic rings. The van der Waals surface area contributed by atoms with Gasteiger partial charge in [-0.05, 0) is 25.1 Å². The first-order valence-corrected chi connectivity index (χ1v) is 9.88. The number of benzene rings is 2. The minimum atomic E-state index is -4.27. The largest absolute Gasteiger partial charge is 0.278 e. The monoisotopic (exact) mass is 409 g/mol. The fourth-order valence-electron chi connectivity index (χ4n) is 2.18. The lowest BCUT2D eigenvalue weighted by Gasteiger charge is -2.08. The number of hydrazine groups is 1. The molecule has 6 nitrogen and oxygen atoms in total. The first kappa shape index (κ1) is 19.1. The van der Waals surface area contributed by atoms with Crippen molar-refractivity contribution in [3.8, 4) is 10.6 Å². The minimum Gasteiger partial charge on any atom is -0.273 e. The first-order valence-electron chi connectivity index (χ1n) is 7.58. The van der Waals surface area contributed by atoms with Crippen molar-refractivity contribution >= 4 is 27.3 Å². The number of hydrogen-bond acceptors (Lipinski definition) is 5. The summed E-state index contributed by atoms with van der Waals surface area (Å²) in [7, 11) is -4.27. The van der Waals surface area contributed by atoms with Crippen LogP contribution < -0.4 is 10.3 Å². The van der Waals surface area contributed by atoms with Gasteiger partial charge in [0, 0.05) is 5.56 Å². The number of amides is 1. The highest BCUT2D eigenvalue weighted by atomic mass is 32.2. The lowest BCUT2D eigenvalue weighted by molar-refractivity contribution is 0.0948. The number of sulfonamides is 1. The maximum absolute atomic E-state index is 13.2. The van der Waals surface area contributed by atoms with Crippen LogP contribution in [0.4, 0.5) is 8.78 Å². The Bertz CT molecular complexity index is 1100. The molecule has 2 N–H and O–H groups in total. The molecule has 0 spiro atoms. The van der Waals surface area contributed by atoms with E-state index < -0.39 is 32.5 Å². The third-order valence-corrected chi connectivity index (χ3v) is 5.97. The van der Waals surface area contributed by atoms with Gasteiger partial charge in [0.05, 0.1) is 10.6 Å². The summed E-state index contributed by atoms with van der Waals surface area (Å²) in [5.74, 6) is -3.19. The van der Waals surface area contributed by atoms with E-state index in [2.05, 4.69) is 10.4 Å². The van der Waals surface area contributed by atoms with E-state index in [0.29, 0.717) is 22.8 Å². The number of aromatic nitrogens is 1. The van der Waals surface area contributed by atoms with E-state index in [1.165, 1.54) is 0 Å². The van der Waals surface area contributed by atoms with Crippen molar-refractivity contribution in [1.29, 1.82) is 0 Å². The van der Waals surface area contributed by atoms with Crippen molar-refractivity contribution in [2.24, 2.45) is 0 Å². The molecule has 0 aliphatic carbocycles. The van der Waals surface area contributed by atoms with E-state index in [-0.39, 0.29) is 4.88 Å². The maximum atomic E-state index is 13.2. The molecule has 1 heterocycles. The minimum absolute atomic E-state index is 0.224. The molecule has 0 aliphatic heterocycles. The zero-order valence-electron chi connectivity index (χ0n) is 13.9. The second-order valence-electron chi connectivity index (χ2n) is 5.44. The Morgan fingerprint density at radius 3 is 2.44 bits per heavy atom. The molecule has 0 bridgehead atoms. The molecule has 0 unspecified atom stereocenters. The highest BCUT2D eigenvalue weighted by molar-refractivity contribution is 7.89. The molecule has 3 rings (SSSR count). The number of carbonyl (C=O) groups is 1. The Morgan fingerprint density at radius 1 is 1.07 bits per heavy atom. The fraction of sp³-hybridized carbons (Fsp3) is 0.0588. The number of nitrogens with zero attached hydrogens (tertiary/aromatic N) is 1. The predicted octanol–water partition coefficient (Wildman–Crippen LogP) is 3.02. The molecule has 1 amide bonds. The van der Waals surface area contributed by atoms with Gasteiger partial charge in [0.1, 0.15) is 9.88 Å². The summed E-state index contributed by atoms with van der Waals surface area (Å²) in [6, 6.07) is 11.3. The highest BCUT2D eigenvalue weighted by Crippen LogP contribution is 2.27. The van der Waals surface area contributed by atoms with Crippen LogP contribution in [0.1, 0.15) is 15.4 Å². The van der Waals surface area contributed by atoms with E-state index in [1.807, 2.05) is 35.2 Å². The molecule has 1 aromatic heterocycles. The smallest absolute Gasteiger partial charge is 0.273 e. The van der Waals surface area contributed by atoms with Crippen molar-refractivity contribution in [2.75, 3.05) is 0 Å². The molecular formula is C17H13F2N3O3S2. The molecule has 0 atom stereocenters. The molecule has 0 saturated carbocycles. The van der Waals surface area contributed by atoms with Crippen LogP contribution in [0.3, 0.4) is 0 Å². The molecule has 0 aliphatic rings. The number of halogens is 2. The van der Waals surface area contributed by atoms with Gasteiger partial charge in [-0.1, -0.05) is 30.3 Å². The van der Waals surface area contributed by atoms with Gasteiger partial charge in [0.2, 0.25) is 0 Å². The highest BCUT2D eigenvalue weighted by Gasteiger charge is 2.20. The maximum Gasteiger partial charge on any atom is 0.278 e. The quantitative estimate of drug-likeness (QED) is 0.634.